The summed E-state index contributed by atoms with van der Waals surface area (Å²) in [5.74, 6) is 0. The zero-order valence-electron chi connectivity index (χ0n) is 24.7. The summed E-state index contributed by atoms with van der Waals surface area (Å²) in [6.07, 6.45) is 0. The van der Waals surface area contributed by atoms with Gasteiger partial charge in [-0.15, -0.1) is 0 Å². The predicted molar refractivity (Wildman–Crippen MR) is 187 cm³/mol. The first kappa shape index (κ1) is 25.6. The van der Waals surface area contributed by atoms with E-state index in [-0.39, 0.29) is 0 Å². The number of anilines is 6. The molecule has 0 saturated carbocycles. The van der Waals surface area contributed by atoms with Crippen molar-refractivity contribution in [3.05, 3.63) is 204 Å². The van der Waals surface area contributed by atoms with E-state index in [0.29, 0.717) is 0 Å². The Morgan fingerprint density at radius 2 is 0.800 bits per heavy atom. The second-order valence-corrected chi connectivity index (χ2v) is 11.7. The van der Waals surface area contributed by atoms with Crippen LogP contribution in [0.3, 0.4) is 0 Å². The van der Waals surface area contributed by atoms with Crippen LogP contribution >= 0.6 is 0 Å². The molecule has 2 heteroatoms. The van der Waals surface area contributed by atoms with Crippen LogP contribution in [0.4, 0.5) is 34.1 Å². The molecule has 0 amide bonds. The van der Waals surface area contributed by atoms with Gasteiger partial charge in [0.05, 0.1) is 28.2 Å². The van der Waals surface area contributed by atoms with Gasteiger partial charge >= 0.3 is 0 Å². The van der Waals surface area contributed by atoms with Crippen molar-refractivity contribution >= 4 is 34.1 Å². The molecule has 0 saturated heterocycles. The van der Waals surface area contributed by atoms with Gasteiger partial charge in [0.25, 0.3) is 0 Å². The Morgan fingerprint density at radius 1 is 0.333 bits per heavy atom. The molecule has 212 valence electrons. The average Bonchev–Trinajstić information content (AvgIpc) is 3.43. The summed E-state index contributed by atoms with van der Waals surface area (Å²) in [5.41, 5.74) is 14.2. The molecule has 0 N–H and O–H groups in total. The lowest BCUT2D eigenvalue weighted by atomic mass is 9.67. The molecule has 0 atom stereocenters. The normalized spacial score (nSPS) is 13.9. The third-order valence-electron chi connectivity index (χ3n) is 9.43. The molecule has 1 aliphatic carbocycles. The molecular weight excluding hydrogens is 544 g/mol. The molecule has 7 aromatic rings. The second kappa shape index (κ2) is 10.1. The van der Waals surface area contributed by atoms with Crippen LogP contribution in [0.5, 0.6) is 0 Å². The molecule has 0 unspecified atom stereocenters. The van der Waals surface area contributed by atoms with E-state index in [1.807, 2.05) is 0 Å². The van der Waals surface area contributed by atoms with E-state index in [0.717, 1.165) is 28.4 Å². The Bertz CT molecular complexity index is 2120. The van der Waals surface area contributed by atoms with E-state index >= 15 is 0 Å². The molecule has 0 fully saturated rings. The van der Waals surface area contributed by atoms with Gasteiger partial charge in [0.1, 0.15) is 0 Å². The van der Waals surface area contributed by atoms with Crippen molar-refractivity contribution in [3.63, 3.8) is 0 Å². The predicted octanol–water partition coefficient (Wildman–Crippen LogP) is 11.3. The molecule has 2 nitrogen and oxygen atoms in total. The number of hydrogen-bond acceptors (Lipinski definition) is 2. The summed E-state index contributed by atoms with van der Waals surface area (Å²) in [4.78, 5) is 4.91. The minimum absolute atomic E-state index is 0.472. The maximum atomic E-state index is 2.48. The molecule has 9 rings (SSSR count). The Morgan fingerprint density at radius 3 is 1.40 bits per heavy atom. The highest BCUT2D eigenvalue weighted by atomic mass is 15.3. The van der Waals surface area contributed by atoms with Gasteiger partial charge in [-0.3, -0.25) is 0 Å². The second-order valence-electron chi connectivity index (χ2n) is 11.7. The van der Waals surface area contributed by atoms with Crippen molar-refractivity contribution < 1.29 is 0 Å². The molecule has 7 aromatic carbocycles. The summed E-state index contributed by atoms with van der Waals surface area (Å²) in [7, 11) is 0. The molecule has 2 aliphatic rings. The monoisotopic (exact) mass is 574 g/mol. The fraction of sp³-hybridized carbons (Fsp3) is 0.0233. The maximum absolute atomic E-state index is 2.48. The highest BCUT2D eigenvalue weighted by Gasteiger charge is 2.49. The largest absolute Gasteiger partial charge is 0.306 e. The molecule has 0 aromatic heterocycles. The number of nitrogens with zero attached hydrogens (tertiary/aromatic N) is 2. The van der Waals surface area contributed by atoms with Crippen molar-refractivity contribution in [1.82, 2.24) is 0 Å². The molecule has 0 radical (unpaired) electrons. The van der Waals surface area contributed by atoms with Crippen molar-refractivity contribution in [1.29, 1.82) is 0 Å². The number of rotatable bonds is 4. The Balaban J connectivity index is 1.46. The highest BCUT2D eigenvalue weighted by Crippen LogP contribution is 2.64. The van der Waals surface area contributed by atoms with E-state index in [1.165, 1.54) is 39.1 Å². The van der Waals surface area contributed by atoms with Gasteiger partial charge in [-0.05, 0) is 70.3 Å². The lowest BCUT2D eigenvalue weighted by Crippen LogP contribution is -2.29. The lowest BCUT2D eigenvalue weighted by Gasteiger charge is -2.42. The van der Waals surface area contributed by atoms with E-state index in [4.69, 9.17) is 0 Å². The lowest BCUT2D eigenvalue weighted by molar-refractivity contribution is 0.768. The first-order valence-electron chi connectivity index (χ1n) is 15.5. The van der Waals surface area contributed by atoms with Gasteiger partial charge in [0.15, 0.2) is 0 Å². The van der Waals surface area contributed by atoms with E-state index < -0.39 is 5.41 Å². The van der Waals surface area contributed by atoms with Gasteiger partial charge in [0, 0.05) is 16.9 Å². The summed E-state index contributed by atoms with van der Waals surface area (Å²) in [6.45, 7) is 0. The van der Waals surface area contributed by atoms with Gasteiger partial charge in [-0.2, -0.15) is 0 Å². The molecule has 0 spiro atoms. The van der Waals surface area contributed by atoms with E-state index in [2.05, 4.69) is 192 Å². The van der Waals surface area contributed by atoms with Gasteiger partial charge in [0.2, 0.25) is 0 Å². The highest BCUT2D eigenvalue weighted by molar-refractivity contribution is 6.09. The van der Waals surface area contributed by atoms with Crippen LogP contribution in [0.2, 0.25) is 0 Å². The Kier molecular flexibility index (Phi) is 5.76. The summed E-state index contributed by atoms with van der Waals surface area (Å²) >= 11 is 0. The average molecular weight is 575 g/mol. The van der Waals surface area contributed by atoms with Crippen LogP contribution in [0.1, 0.15) is 22.3 Å². The fourth-order valence-electron chi connectivity index (χ4n) is 7.70. The third kappa shape index (κ3) is 3.63. The van der Waals surface area contributed by atoms with Crippen LogP contribution < -0.4 is 9.80 Å². The van der Waals surface area contributed by atoms with Crippen LogP contribution in [0.25, 0.3) is 11.1 Å². The Labute approximate surface area is 264 Å². The minimum atomic E-state index is -0.472. The van der Waals surface area contributed by atoms with Crippen molar-refractivity contribution in [3.8, 4) is 11.1 Å². The smallest absolute Gasteiger partial charge is 0.0785 e. The maximum Gasteiger partial charge on any atom is 0.0785 e. The molecular formula is C43H30N2. The zero-order valence-corrected chi connectivity index (χ0v) is 24.7. The van der Waals surface area contributed by atoms with Crippen LogP contribution in [0.15, 0.2) is 182 Å². The van der Waals surface area contributed by atoms with Crippen molar-refractivity contribution in [2.24, 2.45) is 0 Å². The zero-order chi connectivity index (χ0) is 29.8. The molecule has 45 heavy (non-hydrogen) atoms. The minimum Gasteiger partial charge on any atom is -0.306 e. The number of benzene rings is 7. The van der Waals surface area contributed by atoms with E-state index in [9.17, 15) is 0 Å². The standard InChI is InChI=1S/C43H30N2/c1-5-17-31(18-6-1)43(32-19-7-2-8-20-32)36-26-14-13-25-35(36)41-37(43)29-30-40-42(41)45(34-23-11-4-12-24-34)39-28-16-15-27-38(39)44(40)33-21-9-3-10-22-33/h1-30H. The SMILES string of the molecule is c1ccc(N2c3ccccc3N(c3ccccc3)c3c2ccc2c3-c3ccccc3C2(c2ccccc2)c2ccccc2)cc1. The fourth-order valence-corrected chi connectivity index (χ4v) is 7.70. The van der Waals surface area contributed by atoms with Gasteiger partial charge in [-0.25, -0.2) is 0 Å². The van der Waals surface area contributed by atoms with Crippen LogP contribution in [0, 0.1) is 0 Å². The van der Waals surface area contributed by atoms with Gasteiger partial charge < -0.3 is 9.80 Å². The van der Waals surface area contributed by atoms with Crippen molar-refractivity contribution in [2.45, 2.75) is 5.41 Å². The number of hydrogen-bond donors (Lipinski definition) is 0. The van der Waals surface area contributed by atoms with Crippen molar-refractivity contribution in [2.75, 3.05) is 9.80 Å². The topological polar surface area (TPSA) is 6.48 Å². The first-order chi connectivity index (χ1) is 22.4. The number of para-hydroxylation sites is 4. The summed E-state index contributed by atoms with van der Waals surface area (Å²) in [5, 5.41) is 0. The van der Waals surface area contributed by atoms with Gasteiger partial charge in [-0.1, -0.05) is 140 Å². The summed E-state index contributed by atoms with van der Waals surface area (Å²) in [6, 6.07) is 66.2. The van der Waals surface area contributed by atoms with E-state index in [1.54, 1.807) is 0 Å². The molecule has 0 bridgehead atoms. The quantitative estimate of drug-likeness (QED) is 0.206. The molecule has 1 aliphatic heterocycles. The number of fused-ring (bicyclic) bond motifs is 6. The molecule has 1 heterocycles. The van der Waals surface area contributed by atoms with Crippen LogP contribution in [-0.4, -0.2) is 0 Å². The third-order valence-corrected chi connectivity index (χ3v) is 9.43. The van der Waals surface area contributed by atoms with Crippen LogP contribution in [-0.2, 0) is 5.41 Å². The first-order valence-corrected chi connectivity index (χ1v) is 15.5. The summed E-state index contributed by atoms with van der Waals surface area (Å²) < 4.78 is 0. The Hall–Kier alpha value is -5.86.